The number of amides is 1. The maximum Gasteiger partial charge on any atom is 0.251 e. The predicted octanol–water partition coefficient (Wildman–Crippen LogP) is 4.67. The zero-order chi connectivity index (χ0) is 15.3. The molecule has 0 aromatic heterocycles. The highest BCUT2D eigenvalue weighted by molar-refractivity contribution is 6.30. The number of nitrogens with one attached hydrogen (secondary N) is 1. The average Bonchev–Trinajstić information content (AvgIpc) is 2.45. The lowest BCUT2D eigenvalue weighted by molar-refractivity contribution is -0.0688. The lowest BCUT2D eigenvalue weighted by Gasteiger charge is -2.59. The van der Waals surface area contributed by atoms with Crippen molar-refractivity contribution in [2.45, 2.75) is 51.5 Å². The average molecular weight is 318 g/mol. The molecule has 4 aliphatic rings. The predicted molar refractivity (Wildman–Crippen MR) is 89.0 cm³/mol. The SMILES string of the molecule is CC(NC(=O)c1cccc(Cl)c1)C12CC3CC(CC(C3)C1)C2. The minimum atomic E-state index is 0.0192. The smallest absolute Gasteiger partial charge is 0.251 e. The van der Waals surface area contributed by atoms with E-state index in [1.807, 2.05) is 12.1 Å². The number of carbonyl (C=O) groups is 1. The number of benzene rings is 1. The molecule has 1 atom stereocenters. The molecule has 0 aliphatic heterocycles. The molecule has 3 heteroatoms. The van der Waals surface area contributed by atoms with E-state index < -0.39 is 0 Å². The van der Waals surface area contributed by atoms with Crippen LogP contribution in [0.15, 0.2) is 24.3 Å². The van der Waals surface area contributed by atoms with Crippen LogP contribution in [0, 0.1) is 23.2 Å². The van der Waals surface area contributed by atoms with Crippen LogP contribution in [0.2, 0.25) is 5.02 Å². The maximum atomic E-state index is 12.5. The summed E-state index contributed by atoms with van der Waals surface area (Å²) in [4.78, 5) is 12.5. The quantitative estimate of drug-likeness (QED) is 0.862. The highest BCUT2D eigenvalue weighted by atomic mass is 35.5. The summed E-state index contributed by atoms with van der Waals surface area (Å²) in [5, 5.41) is 3.90. The van der Waals surface area contributed by atoms with Crippen LogP contribution < -0.4 is 5.32 Å². The fourth-order valence-electron chi connectivity index (χ4n) is 5.77. The highest BCUT2D eigenvalue weighted by Gasteiger charge is 2.53. The molecular weight excluding hydrogens is 294 g/mol. The van der Waals surface area contributed by atoms with Crippen molar-refractivity contribution in [2.24, 2.45) is 23.2 Å². The van der Waals surface area contributed by atoms with Crippen molar-refractivity contribution >= 4 is 17.5 Å². The van der Waals surface area contributed by atoms with E-state index in [1.54, 1.807) is 12.1 Å². The van der Waals surface area contributed by atoms with Gasteiger partial charge in [-0.05, 0) is 86.8 Å². The minimum absolute atomic E-state index is 0.0192. The third-order valence-corrected chi connectivity index (χ3v) is 6.67. The summed E-state index contributed by atoms with van der Waals surface area (Å²) in [6.45, 7) is 2.22. The Labute approximate surface area is 137 Å². The first-order valence-electron chi connectivity index (χ1n) is 8.60. The Morgan fingerprint density at radius 1 is 1.18 bits per heavy atom. The third-order valence-electron chi connectivity index (χ3n) is 6.44. The van der Waals surface area contributed by atoms with Crippen molar-refractivity contribution in [1.29, 1.82) is 0 Å². The summed E-state index contributed by atoms with van der Waals surface area (Å²) < 4.78 is 0. The van der Waals surface area contributed by atoms with Gasteiger partial charge >= 0.3 is 0 Å². The molecule has 2 nitrogen and oxygen atoms in total. The van der Waals surface area contributed by atoms with Crippen LogP contribution in [0.5, 0.6) is 0 Å². The van der Waals surface area contributed by atoms with Gasteiger partial charge in [-0.25, -0.2) is 0 Å². The molecule has 0 heterocycles. The van der Waals surface area contributed by atoms with Crippen LogP contribution >= 0.6 is 11.6 Å². The number of hydrogen-bond donors (Lipinski definition) is 1. The van der Waals surface area contributed by atoms with Gasteiger partial charge in [0.1, 0.15) is 0 Å². The van der Waals surface area contributed by atoms with E-state index in [9.17, 15) is 4.79 Å². The summed E-state index contributed by atoms with van der Waals surface area (Å²) in [5.41, 5.74) is 1.02. The summed E-state index contributed by atoms with van der Waals surface area (Å²) in [6.07, 6.45) is 8.26. The summed E-state index contributed by atoms with van der Waals surface area (Å²) in [7, 11) is 0. The van der Waals surface area contributed by atoms with E-state index >= 15 is 0 Å². The Kier molecular flexibility index (Phi) is 3.48. The normalized spacial score (nSPS) is 37.1. The maximum absolute atomic E-state index is 12.5. The molecule has 4 bridgehead atoms. The Bertz CT molecular complexity index is 562. The standard InChI is InChI=1S/C19H24ClNO/c1-12(21-18(22)16-3-2-4-17(20)8-16)19-9-13-5-14(10-19)7-15(6-13)11-19/h2-4,8,12-15H,5-7,9-11H2,1H3,(H,21,22). The molecule has 4 aliphatic carbocycles. The molecule has 1 aromatic carbocycles. The first-order valence-corrected chi connectivity index (χ1v) is 8.98. The summed E-state index contributed by atoms with van der Waals surface area (Å²) in [5.74, 6) is 2.76. The van der Waals surface area contributed by atoms with Gasteiger partial charge in [0.05, 0.1) is 0 Å². The zero-order valence-corrected chi connectivity index (χ0v) is 13.9. The number of rotatable bonds is 3. The number of halogens is 1. The fourth-order valence-corrected chi connectivity index (χ4v) is 5.96. The first kappa shape index (κ1) is 14.6. The molecule has 1 aromatic rings. The van der Waals surface area contributed by atoms with Crippen molar-refractivity contribution in [3.05, 3.63) is 34.9 Å². The number of hydrogen-bond acceptors (Lipinski definition) is 1. The van der Waals surface area contributed by atoms with Crippen LogP contribution in [-0.4, -0.2) is 11.9 Å². The Morgan fingerprint density at radius 2 is 1.77 bits per heavy atom. The van der Waals surface area contributed by atoms with Gasteiger partial charge in [0.2, 0.25) is 0 Å². The Hall–Kier alpha value is -1.02. The molecule has 1 unspecified atom stereocenters. The molecule has 0 radical (unpaired) electrons. The second-order valence-corrected chi connectivity index (χ2v) is 8.42. The van der Waals surface area contributed by atoms with Gasteiger partial charge in [-0.15, -0.1) is 0 Å². The van der Waals surface area contributed by atoms with Crippen molar-refractivity contribution in [2.75, 3.05) is 0 Å². The van der Waals surface area contributed by atoms with Crippen molar-refractivity contribution in [1.82, 2.24) is 5.32 Å². The van der Waals surface area contributed by atoms with Gasteiger partial charge in [-0.3, -0.25) is 4.79 Å². The van der Waals surface area contributed by atoms with Crippen LogP contribution in [0.25, 0.3) is 0 Å². The van der Waals surface area contributed by atoms with Crippen molar-refractivity contribution < 1.29 is 4.79 Å². The van der Waals surface area contributed by atoms with Gasteiger partial charge in [0, 0.05) is 16.6 Å². The van der Waals surface area contributed by atoms with Crippen molar-refractivity contribution in [3.8, 4) is 0 Å². The molecule has 0 saturated heterocycles. The molecule has 118 valence electrons. The molecule has 5 rings (SSSR count). The highest BCUT2D eigenvalue weighted by Crippen LogP contribution is 2.61. The zero-order valence-electron chi connectivity index (χ0n) is 13.1. The van der Waals surface area contributed by atoms with E-state index in [0.29, 0.717) is 16.0 Å². The lowest BCUT2D eigenvalue weighted by Crippen LogP contribution is -2.55. The Balaban J connectivity index is 1.50. The van der Waals surface area contributed by atoms with E-state index in [0.717, 1.165) is 17.8 Å². The molecule has 1 N–H and O–H groups in total. The third kappa shape index (κ3) is 2.46. The van der Waals surface area contributed by atoms with Gasteiger partial charge in [0.15, 0.2) is 0 Å². The van der Waals surface area contributed by atoms with Gasteiger partial charge < -0.3 is 5.32 Å². The molecular formula is C19H24ClNO. The largest absolute Gasteiger partial charge is 0.349 e. The number of carbonyl (C=O) groups excluding carboxylic acids is 1. The van der Waals surface area contributed by atoms with Crippen LogP contribution in [0.4, 0.5) is 0 Å². The summed E-state index contributed by atoms with van der Waals surface area (Å²) in [6, 6.07) is 7.50. The molecule has 4 fully saturated rings. The topological polar surface area (TPSA) is 29.1 Å². The molecule has 4 saturated carbocycles. The van der Waals surface area contributed by atoms with Crippen LogP contribution in [0.3, 0.4) is 0 Å². The molecule has 1 amide bonds. The lowest BCUT2D eigenvalue weighted by atomic mass is 9.48. The molecule has 22 heavy (non-hydrogen) atoms. The minimum Gasteiger partial charge on any atom is -0.349 e. The molecule has 0 spiro atoms. The monoisotopic (exact) mass is 317 g/mol. The Morgan fingerprint density at radius 3 is 2.32 bits per heavy atom. The van der Waals surface area contributed by atoms with Crippen LogP contribution in [0.1, 0.15) is 55.8 Å². The second-order valence-electron chi connectivity index (χ2n) is 7.99. The van der Waals surface area contributed by atoms with Gasteiger partial charge in [-0.1, -0.05) is 17.7 Å². The van der Waals surface area contributed by atoms with Gasteiger partial charge in [-0.2, -0.15) is 0 Å². The summed E-state index contributed by atoms with van der Waals surface area (Å²) >= 11 is 6.00. The van der Waals surface area contributed by atoms with E-state index in [2.05, 4.69) is 12.2 Å². The fraction of sp³-hybridized carbons (Fsp3) is 0.632. The van der Waals surface area contributed by atoms with Crippen molar-refractivity contribution in [3.63, 3.8) is 0 Å². The second kappa shape index (κ2) is 5.26. The van der Waals surface area contributed by atoms with Gasteiger partial charge in [0.25, 0.3) is 5.91 Å². The van der Waals surface area contributed by atoms with E-state index in [4.69, 9.17) is 11.6 Å². The first-order chi connectivity index (χ1) is 10.5. The van der Waals surface area contributed by atoms with Crippen LogP contribution in [-0.2, 0) is 0 Å². The van der Waals surface area contributed by atoms with E-state index in [-0.39, 0.29) is 11.9 Å². The van der Waals surface area contributed by atoms with E-state index in [1.165, 1.54) is 38.5 Å².